The lowest BCUT2D eigenvalue weighted by Gasteiger charge is -2.17. The van der Waals surface area contributed by atoms with Gasteiger partial charge in [-0.25, -0.2) is 0 Å². The van der Waals surface area contributed by atoms with E-state index in [0.29, 0.717) is 11.5 Å². The molecule has 0 aliphatic rings. The van der Waals surface area contributed by atoms with E-state index in [1.165, 1.54) is 11.3 Å². The van der Waals surface area contributed by atoms with Gasteiger partial charge in [-0.15, -0.1) is 11.3 Å². The van der Waals surface area contributed by atoms with E-state index in [0.717, 1.165) is 10.6 Å². The average Bonchev–Trinajstić information content (AvgIpc) is 2.97. The van der Waals surface area contributed by atoms with Crippen LogP contribution in [0, 0.1) is 6.92 Å². The van der Waals surface area contributed by atoms with Crippen molar-refractivity contribution in [2.24, 2.45) is 7.05 Å². The van der Waals surface area contributed by atoms with Gasteiger partial charge in [0.05, 0.1) is 23.2 Å². The molecule has 6 heteroatoms. The Balaban J connectivity index is 2.13. The topological polar surface area (TPSA) is 56.1 Å². The van der Waals surface area contributed by atoms with E-state index in [2.05, 4.69) is 10.4 Å². The zero-order valence-electron chi connectivity index (χ0n) is 11.2. The second kappa shape index (κ2) is 5.99. The molecule has 2 aromatic heterocycles. The summed E-state index contributed by atoms with van der Waals surface area (Å²) in [4.78, 5) is 14.0. The van der Waals surface area contributed by atoms with Gasteiger partial charge in [0.2, 0.25) is 0 Å². The lowest BCUT2D eigenvalue weighted by molar-refractivity contribution is 0.0896. The molecule has 19 heavy (non-hydrogen) atoms. The predicted molar refractivity (Wildman–Crippen MR) is 74.3 cm³/mol. The lowest BCUT2D eigenvalue weighted by Crippen LogP contribution is -2.32. The number of nitrogens with one attached hydrogen (secondary N) is 1. The molecular formula is C13H17N3O2S. The second-order valence-electron chi connectivity index (χ2n) is 4.27. The summed E-state index contributed by atoms with van der Waals surface area (Å²) in [6.07, 6.45) is 1.71. The standard InChI is InChI=1S/C13H17N3O2S/c1-9-4-5-12(19-9)13(17)15-10(8-18-3)11-6-7-14-16(11)2/h4-7,10H,8H2,1-3H3,(H,15,17)/t10-/m0/s1. The van der Waals surface area contributed by atoms with Crippen molar-refractivity contribution in [1.82, 2.24) is 15.1 Å². The molecule has 1 atom stereocenters. The van der Waals surface area contributed by atoms with Gasteiger partial charge in [0.1, 0.15) is 0 Å². The van der Waals surface area contributed by atoms with E-state index in [9.17, 15) is 4.79 Å². The van der Waals surface area contributed by atoms with E-state index < -0.39 is 0 Å². The number of rotatable bonds is 5. The van der Waals surface area contributed by atoms with E-state index >= 15 is 0 Å². The molecule has 1 N–H and O–H groups in total. The maximum atomic E-state index is 12.2. The number of hydrogen-bond donors (Lipinski definition) is 1. The highest BCUT2D eigenvalue weighted by Crippen LogP contribution is 2.17. The first-order valence-corrected chi connectivity index (χ1v) is 6.77. The molecule has 2 heterocycles. The molecule has 5 nitrogen and oxygen atoms in total. The Labute approximate surface area is 116 Å². The van der Waals surface area contributed by atoms with Crippen molar-refractivity contribution in [3.63, 3.8) is 0 Å². The number of carbonyl (C=O) groups excluding carboxylic acids is 1. The van der Waals surface area contributed by atoms with E-state index in [1.54, 1.807) is 18.0 Å². The van der Waals surface area contributed by atoms with E-state index in [-0.39, 0.29) is 11.9 Å². The van der Waals surface area contributed by atoms with Crippen molar-refractivity contribution in [3.05, 3.63) is 39.8 Å². The third kappa shape index (κ3) is 3.21. The smallest absolute Gasteiger partial charge is 0.261 e. The molecule has 2 rings (SSSR count). The lowest BCUT2D eigenvalue weighted by atomic mass is 10.2. The highest BCUT2D eigenvalue weighted by atomic mass is 32.1. The van der Waals surface area contributed by atoms with Gasteiger partial charge in [0.25, 0.3) is 5.91 Å². The van der Waals surface area contributed by atoms with Gasteiger partial charge < -0.3 is 10.1 Å². The number of hydrogen-bond acceptors (Lipinski definition) is 4. The quantitative estimate of drug-likeness (QED) is 0.909. The molecule has 0 aliphatic carbocycles. The largest absolute Gasteiger partial charge is 0.382 e. The van der Waals surface area contributed by atoms with Crippen LogP contribution in [0.25, 0.3) is 0 Å². The number of thiophene rings is 1. The zero-order valence-corrected chi connectivity index (χ0v) is 12.0. The van der Waals surface area contributed by atoms with Crippen LogP contribution < -0.4 is 5.32 Å². The molecule has 0 saturated heterocycles. The second-order valence-corrected chi connectivity index (χ2v) is 5.56. The molecule has 0 aliphatic heterocycles. The minimum absolute atomic E-state index is 0.0821. The van der Waals surface area contributed by atoms with Crippen LogP contribution in [0.15, 0.2) is 24.4 Å². The Kier molecular flexibility index (Phi) is 4.34. The summed E-state index contributed by atoms with van der Waals surface area (Å²) in [6.45, 7) is 2.39. The van der Waals surface area contributed by atoms with E-state index in [4.69, 9.17) is 4.74 Å². The van der Waals surface area contributed by atoms with Gasteiger partial charge in [-0.3, -0.25) is 9.48 Å². The van der Waals surface area contributed by atoms with Gasteiger partial charge in [-0.1, -0.05) is 0 Å². The van der Waals surface area contributed by atoms with Crippen molar-refractivity contribution in [2.75, 3.05) is 13.7 Å². The summed E-state index contributed by atoms with van der Waals surface area (Å²) >= 11 is 1.48. The predicted octanol–water partition coefficient (Wildman–Crippen LogP) is 1.91. The summed E-state index contributed by atoms with van der Waals surface area (Å²) in [6, 6.07) is 5.45. The van der Waals surface area contributed by atoms with Crippen LogP contribution in [-0.2, 0) is 11.8 Å². The summed E-state index contributed by atoms with van der Waals surface area (Å²) in [5.41, 5.74) is 0.920. The van der Waals surface area contributed by atoms with Crippen LogP contribution in [0.5, 0.6) is 0 Å². The van der Waals surface area contributed by atoms with Gasteiger partial charge in [-0.05, 0) is 25.1 Å². The fourth-order valence-electron chi connectivity index (χ4n) is 1.88. The third-order valence-electron chi connectivity index (χ3n) is 2.82. The maximum Gasteiger partial charge on any atom is 0.261 e. The molecule has 0 radical (unpaired) electrons. The molecule has 0 spiro atoms. The molecular weight excluding hydrogens is 262 g/mol. The van der Waals surface area contributed by atoms with Crippen molar-refractivity contribution in [2.45, 2.75) is 13.0 Å². The fraction of sp³-hybridized carbons (Fsp3) is 0.385. The van der Waals surface area contributed by atoms with Crippen molar-refractivity contribution < 1.29 is 9.53 Å². The summed E-state index contributed by atoms with van der Waals surface area (Å²) in [7, 11) is 3.46. The Morgan fingerprint density at radius 1 is 1.53 bits per heavy atom. The van der Waals surface area contributed by atoms with Crippen molar-refractivity contribution >= 4 is 17.2 Å². The van der Waals surface area contributed by atoms with Gasteiger partial charge >= 0.3 is 0 Å². The molecule has 102 valence electrons. The Bertz CT molecular complexity index is 562. The Morgan fingerprint density at radius 3 is 2.84 bits per heavy atom. The number of methoxy groups -OCH3 is 1. The minimum atomic E-state index is -0.201. The van der Waals surface area contributed by atoms with Crippen LogP contribution in [0.3, 0.4) is 0 Å². The Hall–Kier alpha value is -1.66. The normalized spacial score (nSPS) is 12.4. The van der Waals surface area contributed by atoms with Gasteiger partial charge in [-0.2, -0.15) is 5.10 Å². The van der Waals surface area contributed by atoms with Crippen LogP contribution in [0.4, 0.5) is 0 Å². The molecule has 0 saturated carbocycles. The average molecular weight is 279 g/mol. The van der Waals surface area contributed by atoms with Crippen LogP contribution in [0.2, 0.25) is 0 Å². The number of nitrogens with zero attached hydrogens (tertiary/aromatic N) is 2. The molecule has 0 fully saturated rings. The number of amides is 1. The third-order valence-corrected chi connectivity index (χ3v) is 3.82. The summed E-state index contributed by atoms with van der Waals surface area (Å²) in [5.74, 6) is -0.0821. The number of aryl methyl sites for hydroxylation is 2. The zero-order chi connectivity index (χ0) is 13.8. The first-order valence-electron chi connectivity index (χ1n) is 5.96. The van der Waals surface area contributed by atoms with Gasteiger partial charge in [0, 0.05) is 25.2 Å². The fourth-order valence-corrected chi connectivity index (χ4v) is 2.65. The summed E-state index contributed by atoms with van der Waals surface area (Å²) < 4.78 is 6.91. The molecule has 0 bridgehead atoms. The highest BCUT2D eigenvalue weighted by Gasteiger charge is 2.19. The maximum absolute atomic E-state index is 12.2. The molecule has 2 aromatic rings. The monoisotopic (exact) mass is 279 g/mol. The Morgan fingerprint density at radius 2 is 2.32 bits per heavy atom. The molecule has 0 unspecified atom stereocenters. The van der Waals surface area contributed by atoms with Crippen molar-refractivity contribution in [3.8, 4) is 0 Å². The molecule has 0 aromatic carbocycles. The van der Waals surface area contributed by atoms with Crippen LogP contribution in [0.1, 0.15) is 26.3 Å². The summed E-state index contributed by atoms with van der Waals surface area (Å²) in [5, 5.41) is 7.09. The number of aromatic nitrogens is 2. The first kappa shape index (κ1) is 13.8. The van der Waals surface area contributed by atoms with Crippen LogP contribution in [-0.4, -0.2) is 29.4 Å². The minimum Gasteiger partial charge on any atom is -0.382 e. The first-order chi connectivity index (χ1) is 9.11. The number of carbonyl (C=O) groups is 1. The van der Waals surface area contributed by atoms with E-state index in [1.807, 2.05) is 32.2 Å². The highest BCUT2D eigenvalue weighted by molar-refractivity contribution is 7.13. The van der Waals surface area contributed by atoms with Crippen molar-refractivity contribution in [1.29, 1.82) is 0 Å². The van der Waals surface area contributed by atoms with Gasteiger partial charge in [0.15, 0.2) is 0 Å². The van der Waals surface area contributed by atoms with Crippen LogP contribution >= 0.6 is 11.3 Å². The number of ether oxygens (including phenoxy) is 1. The molecule has 1 amide bonds. The SMILES string of the molecule is COC[C@H](NC(=O)c1ccc(C)s1)c1ccnn1C.